The molecule has 0 aliphatic carbocycles. The van der Waals surface area contributed by atoms with Gasteiger partial charge in [-0.25, -0.2) is 0 Å². The quantitative estimate of drug-likeness (QED) is 0.651. The Labute approximate surface area is 111 Å². The van der Waals surface area contributed by atoms with Crippen LogP contribution in [0.2, 0.25) is 5.02 Å². The van der Waals surface area contributed by atoms with Gasteiger partial charge >= 0.3 is 0 Å². The fourth-order valence-corrected chi connectivity index (χ4v) is 2.65. The predicted octanol–water partition coefficient (Wildman–Crippen LogP) is 4.52. The molecule has 0 aliphatic rings. The van der Waals surface area contributed by atoms with E-state index >= 15 is 0 Å². The molecule has 0 radical (unpaired) electrons. The molecule has 0 saturated heterocycles. The molecule has 0 heterocycles. The van der Waals surface area contributed by atoms with E-state index in [2.05, 4.69) is 13.0 Å². The molecule has 0 unspecified atom stereocenters. The van der Waals surface area contributed by atoms with E-state index in [1.165, 1.54) is 11.1 Å². The first-order chi connectivity index (χ1) is 8.15. The molecular weight excluding hydrogens is 250 g/mol. The minimum absolute atomic E-state index is 0.772. The van der Waals surface area contributed by atoms with Crippen molar-refractivity contribution < 1.29 is 0 Å². The summed E-state index contributed by atoms with van der Waals surface area (Å²) in [6.45, 7) is 2.08. The van der Waals surface area contributed by atoms with Crippen molar-refractivity contribution in [2.75, 3.05) is 5.73 Å². The van der Waals surface area contributed by atoms with Crippen LogP contribution < -0.4 is 5.73 Å². The summed E-state index contributed by atoms with van der Waals surface area (Å²) in [6, 6.07) is 14.0. The van der Waals surface area contributed by atoms with E-state index in [1.807, 2.05) is 36.4 Å². The summed E-state index contributed by atoms with van der Waals surface area (Å²) in [5.41, 5.74) is 9.26. The third kappa shape index (κ3) is 3.42. The van der Waals surface area contributed by atoms with Gasteiger partial charge in [-0.1, -0.05) is 29.8 Å². The molecule has 3 heteroatoms. The van der Waals surface area contributed by atoms with E-state index in [-0.39, 0.29) is 0 Å². The highest BCUT2D eigenvalue weighted by Gasteiger charge is 2.01. The molecule has 2 N–H and O–H groups in total. The molecule has 2 aromatic rings. The first kappa shape index (κ1) is 12.3. The van der Waals surface area contributed by atoms with Crippen molar-refractivity contribution in [3.05, 3.63) is 58.6 Å². The van der Waals surface area contributed by atoms with Crippen molar-refractivity contribution in [3.8, 4) is 0 Å². The highest BCUT2D eigenvalue weighted by molar-refractivity contribution is 7.98. The molecule has 1 nitrogen and oxygen atoms in total. The lowest BCUT2D eigenvalue weighted by Gasteiger charge is -2.06. The van der Waals surface area contributed by atoms with Crippen LogP contribution in [0.15, 0.2) is 47.4 Å². The van der Waals surface area contributed by atoms with Crippen molar-refractivity contribution >= 4 is 29.1 Å². The topological polar surface area (TPSA) is 26.0 Å². The van der Waals surface area contributed by atoms with Gasteiger partial charge in [-0.3, -0.25) is 0 Å². The predicted molar refractivity (Wildman–Crippen MR) is 76.6 cm³/mol. The standard InChI is InChI=1S/C14H14ClNS/c1-10-2-7-13(16)14(8-10)17-9-11-3-5-12(15)6-4-11/h2-8H,9,16H2,1H3. The van der Waals surface area contributed by atoms with Crippen LogP contribution in [0.4, 0.5) is 5.69 Å². The zero-order valence-electron chi connectivity index (χ0n) is 9.61. The molecule has 2 rings (SSSR count). The molecule has 88 valence electrons. The van der Waals surface area contributed by atoms with E-state index in [0.29, 0.717) is 0 Å². The Morgan fingerprint density at radius 3 is 2.53 bits per heavy atom. The molecule has 17 heavy (non-hydrogen) atoms. The van der Waals surface area contributed by atoms with Gasteiger partial charge in [-0.2, -0.15) is 0 Å². The van der Waals surface area contributed by atoms with Crippen LogP contribution in [0.25, 0.3) is 0 Å². The molecule has 0 saturated carbocycles. The molecule has 0 aliphatic heterocycles. The number of hydrogen-bond acceptors (Lipinski definition) is 2. The Hall–Kier alpha value is -1.12. The highest BCUT2D eigenvalue weighted by atomic mass is 35.5. The van der Waals surface area contributed by atoms with Gasteiger partial charge in [0.2, 0.25) is 0 Å². The maximum Gasteiger partial charge on any atom is 0.0452 e. The van der Waals surface area contributed by atoms with Gasteiger partial charge in [0.1, 0.15) is 0 Å². The third-order valence-corrected chi connectivity index (χ3v) is 3.87. The van der Waals surface area contributed by atoms with Crippen LogP contribution in [-0.4, -0.2) is 0 Å². The Balaban J connectivity index is 2.07. The van der Waals surface area contributed by atoms with E-state index in [0.717, 1.165) is 21.4 Å². The second kappa shape index (κ2) is 5.48. The lowest BCUT2D eigenvalue weighted by atomic mass is 10.2. The Kier molecular flexibility index (Phi) is 3.97. The summed E-state index contributed by atoms with van der Waals surface area (Å²) >= 11 is 7.60. The fourth-order valence-electron chi connectivity index (χ4n) is 1.51. The van der Waals surface area contributed by atoms with Crippen molar-refractivity contribution in [1.82, 2.24) is 0 Å². The molecule has 0 fully saturated rings. The summed E-state index contributed by atoms with van der Waals surface area (Å²) in [6.07, 6.45) is 0. The van der Waals surface area contributed by atoms with E-state index in [1.54, 1.807) is 11.8 Å². The number of nitrogens with two attached hydrogens (primary N) is 1. The highest BCUT2D eigenvalue weighted by Crippen LogP contribution is 2.29. The molecule has 0 amide bonds. The van der Waals surface area contributed by atoms with E-state index < -0.39 is 0 Å². The van der Waals surface area contributed by atoms with Crippen LogP contribution in [0.3, 0.4) is 0 Å². The summed E-state index contributed by atoms with van der Waals surface area (Å²) in [5, 5.41) is 0.772. The van der Waals surface area contributed by atoms with Crippen LogP contribution >= 0.6 is 23.4 Å². The number of halogens is 1. The lowest BCUT2D eigenvalue weighted by molar-refractivity contribution is 1.34. The number of aryl methyl sites for hydroxylation is 1. The van der Waals surface area contributed by atoms with Crippen LogP contribution in [0.1, 0.15) is 11.1 Å². The third-order valence-electron chi connectivity index (χ3n) is 2.48. The minimum atomic E-state index is 0.772. The Morgan fingerprint density at radius 2 is 1.82 bits per heavy atom. The summed E-state index contributed by atoms with van der Waals surface area (Å²) < 4.78 is 0. The average Bonchev–Trinajstić information content (AvgIpc) is 2.32. The minimum Gasteiger partial charge on any atom is -0.398 e. The monoisotopic (exact) mass is 263 g/mol. The SMILES string of the molecule is Cc1ccc(N)c(SCc2ccc(Cl)cc2)c1. The first-order valence-corrected chi connectivity index (χ1v) is 6.75. The van der Waals surface area contributed by atoms with Gasteiger partial charge in [0.05, 0.1) is 0 Å². The lowest BCUT2D eigenvalue weighted by Crippen LogP contribution is -1.89. The summed E-state index contributed by atoms with van der Waals surface area (Å²) in [7, 11) is 0. The Bertz CT molecular complexity index is 508. The van der Waals surface area contributed by atoms with Gasteiger partial charge in [-0.05, 0) is 42.3 Å². The first-order valence-electron chi connectivity index (χ1n) is 5.38. The zero-order chi connectivity index (χ0) is 12.3. The smallest absolute Gasteiger partial charge is 0.0452 e. The van der Waals surface area contributed by atoms with Gasteiger partial charge < -0.3 is 5.73 Å². The van der Waals surface area contributed by atoms with Crippen LogP contribution in [0.5, 0.6) is 0 Å². The normalized spacial score (nSPS) is 10.5. The maximum absolute atomic E-state index is 5.94. The molecule has 0 spiro atoms. The average molecular weight is 264 g/mol. The van der Waals surface area contributed by atoms with Crippen LogP contribution in [-0.2, 0) is 5.75 Å². The fraction of sp³-hybridized carbons (Fsp3) is 0.143. The van der Waals surface area contributed by atoms with Crippen LogP contribution in [0, 0.1) is 6.92 Å². The van der Waals surface area contributed by atoms with Crippen molar-refractivity contribution in [2.24, 2.45) is 0 Å². The van der Waals surface area contributed by atoms with E-state index in [9.17, 15) is 0 Å². The number of thioether (sulfide) groups is 1. The molecule has 0 bridgehead atoms. The number of anilines is 1. The van der Waals surface area contributed by atoms with Gasteiger partial charge in [-0.15, -0.1) is 11.8 Å². The second-order valence-corrected chi connectivity index (χ2v) is 5.41. The summed E-state index contributed by atoms with van der Waals surface area (Å²) in [4.78, 5) is 1.14. The van der Waals surface area contributed by atoms with E-state index in [4.69, 9.17) is 17.3 Å². The van der Waals surface area contributed by atoms with Gasteiger partial charge in [0.25, 0.3) is 0 Å². The number of benzene rings is 2. The molecule has 2 aromatic carbocycles. The molecular formula is C14H14ClNS. The largest absolute Gasteiger partial charge is 0.398 e. The van der Waals surface area contributed by atoms with Gasteiger partial charge in [0.15, 0.2) is 0 Å². The summed E-state index contributed by atoms with van der Waals surface area (Å²) in [5.74, 6) is 0.908. The number of hydrogen-bond donors (Lipinski definition) is 1. The van der Waals surface area contributed by atoms with Gasteiger partial charge in [0, 0.05) is 21.4 Å². The van der Waals surface area contributed by atoms with Crippen molar-refractivity contribution in [2.45, 2.75) is 17.6 Å². The Morgan fingerprint density at radius 1 is 1.12 bits per heavy atom. The molecule has 0 aromatic heterocycles. The maximum atomic E-state index is 5.94. The number of rotatable bonds is 3. The molecule has 0 atom stereocenters. The zero-order valence-corrected chi connectivity index (χ0v) is 11.2. The number of nitrogen functional groups attached to an aromatic ring is 1. The van der Waals surface area contributed by atoms with Crippen molar-refractivity contribution in [3.63, 3.8) is 0 Å². The second-order valence-electron chi connectivity index (χ2n) is 3.96. The van der Waals surface area contributed by atoms with Crippen molar-refractivity contribution in [1.29, 1.82) is 0 Å².